The van der Waals surface area contributed by atoms with E-state index in [1.165, 1.54) is 5.56 Å². The van der Waals surface area contributed by atoms with Crippen LogP contribution in [-0.4, -0.2) is 13.2 Å². The summed E-state index contributed by atoms with van der Waals surface area (Å²) in [6, 6.07) is 15.5. The average Bonchev–Trinajstić information content (AvgIpc) is 2.43. The molecule has 3 heteroatoms. The van der Waals surface area contributed by atoms with Gasteiger partial charge in [0.05, 0.1) is 0 Å². The maximum absolute atomic E-state index is 5.86. The van der Waals surface area contributed by atoms with E-state index in [0.29, 0.717) is 18.9 Å². The van der Waals surface area contributed by atoms with Crippen molar-refractivity contribution in [3.8, 4) is 11.5 Å². The van der Waals surface area contributed by atoms with Crippen molar-refractivity contribution < 1.29 is 9.47 Å². The van der Waals surface area contributed by atoms with Crippen LogP contribution in [0.25, 0.3) is 0 Å². The minimum Gasteiger partial charge on any atom is -0.490 e. The van der Waals surface area contributed by atoms with Crippen LogP contribution in [0, 0.1) is 0 Å². The van der Waals surface area contributed by atoms with Crippen molar-refractivity contribution in [2.45, 2.75) is 26.2 Å². The Kier molecular flexibility index (Phi) is 4.73. The van der Waals surface area contributed by atoms with Crippen LogP contribution >= 0.6 is 0 Å². The van der Waals surface area contributed by atoms with E-state index in [4.69, 9.17) is 15.2 Å². The van der Waals surface area contributed by atoms with Crippen LogP contribution in [0.2, 0.25) is 0 Å². The Balaban J connectivity index is 1.90. The van der Waals surface area contributed by atoms with Gasteiger partial charge < -0.3 is 15.2 Å². The third-order valence-corrected chi connectivity index (χ3v) is 3.16. The van der Waals surface area contributed by atoms with E-state index in [1.54, 1.807) is 0 Å². The molecular weight excluding hydrogens is 262 g/mol. The van der Waals surface area contributed by atoms with Crippen LogP contribution in [0.1, 0.15) is 26.3 Å². The van der Waals surface area contributed by atoms with Gasteiger partial charge in [-0.25, -0.2) is 0 Å². The number of nitrogen functional groups attached to an aromatic ring is 1. The minimum absolute atomic E-state index is 0.0608. The summed E-state index contributed by atoms with van der Waals surface area (Å²) >= 11 is 0. The molecule has 0 amide bonds. The lowest BCUT2D eigenvalue weighted by atomic mass is 9.86. The summed E-state index contributed by atoms with van der Waals surface area (Å²) < 4.78 is 11.5. The van der Waals surface area contributed by atoms with E-state index in [-0.39, 0.29) is 5.41 Å². The van der Waals surface area contributed by atoms with Crippen molar-refractivity contribution in [3.05, 3.63) is 54.1 Å². The van der Waals surface area contributed by atoms with Crippen molar-refractivity contribution in [2.75, 3.05) is 18.9 Å². The van der Waals surface area contributed by atoms with Gasteiger partial charge in [-0.05, 0) is 29.2 Å². The first-order valence-corrected chi connectivity index (χ1v) is 7.17. The Morgan fingerprint density at radius 1 is 0.905 bits per heavy atom. The summed E-state index contributed by atoms with van der Waals surface area (Å²) in [5, 5.41) is 0. The standard InChI is InChI=1S/C18H23NO2/c1-18(2,3)16-9-4-5-10-17(16)21-12-11-20-15-8-6-7-14(19)13-15/h4-10,13H,11-12,19H2,1-3H3. The molecule has 0 heterocycles. The van der Waals surface area contributed by atoms with Crippen LogP contribution in [0.15, 0.2) is 48.5 Å². The van der Waals surface area contributed by atoms with Crippen LogP contribution in [-0.2, 0) is 5.41 Å². The van der Waals surface area contributed by atoms with E-state index < -0.39 is 0 Å². The quantitative estimate of drug-likeness (QED) is 0.666. The number of benzene rings is 2. The molecule has 0 fully saturated rings. The highest BCUT2D eigenvalue weighted by Gasteiger charge is 2.18. The Morgan fingerprint density at radius 3 is 2.33 bits per heavy atom. The highest BCUT2D eigenvalue weighted by molar-refractivity contribution is 5.43. The van der Waals surface area contributed by atoms with Gasteiger partial charge in [-0.15, -0.1) is 0 Å². The summed E-state index contributed by atoms with van der Waals surface area (Å²) in [5.74, 6) is 1.68. The van der Waals surface area contributed by atoms with E-state index in [2.05, 4.69) is 26.8 Å². The molecule has 0 aliphatic rings. The number of anilines is 1. The molecule has 0 bridgehead atoms. The maximum atomic E-state index is 5.86. The molecule has 0 saturated heterocycles. The smallest absolute Gasteiger partial charge is 0.123 e. The van der Waals surface area contributed by atoms with Crippen LogP contribution in [0.4, 0.5) is 5.69 Å². The monoisotopic (exact) mass is 285 g/mol. The Bertz CT molecular complexity index is 588. The van der Waals surface area contributed by atoms with Gasteiger partial charge in [0.1, 0.15) is 24.7 Å². The third-order valence-electron chi connectivity index (χ3n) is 3.16. The molecule has 0 aromatic heterocycles. The Morgan fingerprint density at radius 2 is 1.62 bits per heavy atom. The van der Waals surface area contributed by atoms with E-state index >= 15 is 0 Å². The van der Waals surface area contributed by atoms with Gasteiger partial charge >= 0.3 is 0 Å². The van der Waals surface area contributed by atoms with Crippen molar-refractivity contribution in [1.29, 1.82) is 0 Å². The number of hydrogen-bond donors (Lipinski definition) is 1. The predicted molar refractivity (Wildman–Crippen MR) is 87.0 cm³/mol. The molecular formula is C18H23NO2. The fourth-order valence-corrected chi connectivity index (χ4v) is 2.13. The molecule has 0 saturated carbocycles. The molecule has 3 nitrogen and oxygen atoms in total. The van der Waals surface area contributed by atoms with Gasteiger partial charge in [0, 0.05) is 11.8 Å². The lowest BCUT2D eigenvalue weighted by molar-refractivity contribution is 0.214. The van der Waals surface area contributed by atoms with Crippen molar-refractivity contribution >= 4 is 5.69 Å². The van der Waals surface area contributed by atoms with Gasteiger partial charge in [-0.3, -0.25) is 0 Å². The van der Waals surface area contributed by atoms with Crippen molar-refractivity contribution in [2.24, 2.45) is 0 Å². The van der Waals surface area contributed by atoms with Crippen molar-refractivity contribution in [3.63, 3.8) is 0 Å². The number of rotatable bonds is 5. The molecule has 0 atom stereocenters. The van der Waals surface area contributed by atoms with E-state index in [9.17, 15) is 0 Å². The van der Waals surface area contributed by atoms with E-state index in [1.807, 2.05) is 42.5 Å². The fourth-order valence-electron chi connectivity index (χ4n) is 2.13. The molecule has 0 radical (unpaired) electrons. The molecule has 112 valence electrons. The van der Waals surface area contributed by atoms with Crippen molar-refractivity contribution in [1.82, 2.24) is 0 Å². The number of hydrogen-bond acceptors (Lipinski definition) is 3. The maximum Gasteiger partial charge on any atom is 0.123 e. The summed E-state index contributed by atoms with van der Waals surface area (Å²) in [6.45, 7) is 7.53. The largest absolute Gasteiger partial charge is 0.490 e. The zero-order valence-electron chi connectivity index (χ0n) is 12.9. The van der Waals surface area contributed by atoms with E-state index in [0.717, 1.165) is 11.5 Å². The SMILES string of the molecule is CC(C)(C)c1ccccc1OCCOc1cccc(N)c1. The average molecular weight is 285 g/mol. The lowest BCUT2D eigenvalue weighted by Gasteiger charge is -2.22. The number of nitrogens with two attached hydrogens (primary N) is 1. The molecule has 2 aromatic rings. The summed E-state index contributed by atoms with van der Waals surface area (Å²) in [7, 11) is 0. The molecule has 2 aromatic carbocycles. The molecule has 0 aliphatic carbocycles. The second-order valence-electron chi connectivity index (χ2n) is 6.02. The molecule has 0 unspecified atom stereocenters. The van der Waals surface area contributed by atoms with Gasteiger partial charge in [0.2, 0.25) is 0 Å². The Labute approximate surface area is 126 Å². The zero-order chi connectivity index (χ0) is 15.3. The van der Waals surface area contributed by atoms with Gasteiger partial charge in [0.25, 0.3) is 0 Å². The second kappa shape index (κ2) is 6.53. The molecule has 2 rings (SSSR count). The molecule has 0 aliphatic heterocycles. The summed E-state index contributed by atoms with van der Waals surface area (Å²) in [5.41, 5.74) is 7.67. The zero-order valence-corrected chi connectivity index (χ0v) is 12.9. The lowest BCUT2D eigenvalue weighted by Crippen LogP contribution is -2.15. The Hall–Kier alpha value is -2.16. The molecule has 2 N–H and O–H groups in total. The topological polar surface area (TPSA) is 44.5 Å². The number of ether oxygens (including phenoxy) is 2. The van der Waals surface area contributed by atoms with Crippen LogP contribution < -0.4 is 15.2 Å². The van der Waals surface area contributed by atoms with Gasteiger partial charge in [-0.1, -0.05) is 45.0 Å². The summed E-state index contributed by atoms with van der Waals surface area (Å²) in [4.78, 5) is 0. The van der Waals surface area contributed by atoms with Crippen LogP contribution in [0.3, 0.4) is 0 Å². The summed E-state index contributed by atoms with van der Waals surface area (Å²) in [6.07, 6.45) is 0. The van der Waals surface area contributed by atoms with Crippen LogP contribution in [0.5, 0.6) is 11.5 Å². The highest BCUT2D eigenvalue weighted by atomic mass is 16.5. The minimum atomic E-state index is 0.0608. The van der Waals surface area contributed by atoms with Gasteiger partial charge in [-0.2, -0.15) is 0 Å². The first kappa shape index (κ1) is 15.2. The fraction of sp³-hybridized carbons (Fsp3) is 0.333. The van der Waals surface area contributed by atoms with Gasteiger partial charge in [0.15, 0.2) is 0 Å². The predicted octanol–water partition coefficient (Wildman–Crippen LogP) is 4.02. The molecule has 0 spiro atoms. The highest BCUT2D eigenvalue weighted by Crippen LogP contribution is 2.30. The first-order valence-electron chi connectivity index (χ1n) is 7.17. The first-order chi connectivity index (χ1) is 9.97. The second-order valence-corrected chi connectivity index (χ2v) is 6.02. The normalized spacial score (nSPS) is 11.2. The number of para-hydroxylation sites is 1. The third kappa shape index (κ3) is 4.42. The molecule has 21 heavy (non-hydrogen) atoms.